The lowest BCUT2D eigenvalue weighted by Crippen LogP contribution is -2.23. The lowest BCUT2D eigenvalue weighted by atomic mass is 10.2. The number of nitrogens with one attached hydrogen (secondary N) is 1. The Balaban J connectivity index is 2.32. The molecule has 1 rings (SSSR count). The highest BCUT2D eigenvalue weighted by atomic mass is 32.2. The number of amides is 2. The second-order valence-corrected chi connectivity index (χ2v) is 5.14. The van der Waals surface area contributed by atoms with E-state index in [-0.39, 0.29) is 30.2 Å². The van der Waals surface area contributed by atoms with E-state index in [1.807, 2.05) is 0 Å². The van der Waals surface area contributed by atoms with E-state index >= 15 is 0 Å². The number of aromatic carboxylic acids is 1. The van der Waals surface area contributed by atoms with Crippen LogP contribution in [-0.4, -0.2) is 34.4 Å². The molecule has 4 N–H and O–H groups in total. The molecule has 0 bridgehead atoms. The van der Waals surface area contributed by atoms with Gasteiger partial charge in [-0.3, -0.25) is 9.59 Å². The van der Waals surface area contributed by atoms with Gasteiger partial charge in [-0.25, -0.2) is 4.79 Å². The number of furan rings is 1. The summed E-state index contributed by atoms with van der Waals surface area (Å²) in [4.78, 5) is 32.8. The molecule has 2 amide bonds. The first-order valence-electron chi connectivity index (χ1n) is 5.85. The van der Waals surface area contributed by atoms with Crippen molar-refractivity contribution in [2.75, 3.05) is 11.5 Å². The maximum Gasteiger partial charge on any atom is 0.339 e. The van der Waals surface area contributed by atoms with Crippen LogP contribution in [0.4, 0.5) is 0 Å². The Bertz CT molecular complexity index is 512. The van der Waals surface area contributed by atoms with Crippen LogP contribution in [0.15, 0.2) is 10.5 Å². The Labute approximate surface area is 119 Å². The molecule has 0 aliphatic heterocycles. The lowest BCUT2D eigenvalue weighted by Gasteiger charge is -2.02. The van der Waals surface area contributed by atoms with E-state index in [0.717, 1.165) is 0 Å². The number of rotatable bonds is 8. The summed E-state index contributed by atoms with van der Waals surface area (Å²) in [6.07, 6.45) is 0.253. The molecule has 7 nitrogen and oxygen atoms in total. The van der Waals surface area contributed by atoms with Gasteiger partial charge >= 0.3 is 5.97 Å². The summed E-state index contributed by atoms with van der Waals surface area (Å²) in [6.45, 7) is 1.68. The number of carboxylic acids is 1. The van der Waals surface area contributed by atoms with Crippen LogP contribution in [0.2, 0.25) is 0 Å². The third-order valence-corrected chi connectivity index (χ3v) is 3.36. The third-order valence-electron chi connectivity index (χ3n) is 2.38. The summed E-state index contributed by atoms with van der Waals surface area (Å²) in [5.74, 6) is -0.307. The second-order valence-electron chi connectivity index (χ2n) is 4.03. The van der Waals surface area contributed by atoms with Gasteiger partial charge in [0.05, 0.1) is 12.3 Å². The van der Waals surface area contributed by atoms with Crippen LogP contribution in [-0.2, 0) is 16.1 Å². The average Bonchev–Trinajstić information content (AvgIpc) is 2.73. The number of primary amides is 1. The molecule has 0 atom stereocenters. The Kier molecular flexibility index (Phi) is 6.10. The fraction of sp³-hybridized carbons (Fsp3) is 0.417. The topological polar surface area (TPSA) is 123 Å². The highest BCUT2D eigenvalue weighted by Gasteiger charge is 2.14. The maximum atomic E-state index is 11.5. The number of carbonyl (C=O) groups is 3. The predicted molar refractivity (Wildman–Crippen MR) is 73.4 cm³/mol. The molecule has 8 heteroatoms. The van der Waals surface area contributed by atoms with Crippen LogP contribution < -0.4 is 11.1 Å². The quantitative estimate of drug-likeness (QED) is 0.601. The van der Waals surface area contributed by atoms with Gasteiger partial charge in [0.1, 0.15) is 17.1 Å². The summed E-state index contributed by atoms with van der Waals surface area (Å²) >= 11 is 1.29. The lowest BCUT2D eigenvalue weighted by molar-refractivity contribution is -0.121. The van der Waals surface area contributed by atoms with Crippen molar-refractivity contribution in [3.8, 4) is 0 Å². The van der Waals surface area contributed by atoms with Gasteiger partial charge in [0.2, 0.25) is 11.8 Å². The summed E-state index contributed by atoms with van der Waals surface area (Å²) in [7, 11) is 0. The number of thioether (sulfide) groups is 1. The minimum Gasteiger partial charge on any atom is -0.478 e. The van der Waals surface area contributed by atoms with E-state index in [9.17, 15) is 14.4 Å². The SMILES string of the molecule is Cc1oc(CNC(=O)CCSCC(N)=O)cc1C(=O)O. The largest absolute Gasteiger partial charge is 0.478 e. The van der Waals surface area contributed by atoms with Crippen LogP contribution in [0.25, 0.3) is 0 Å². The first-order valence-corrected chi connectivity index (χ1v) is 7.01. The molecule has 1 heterocycles. The Morgan fingerprint density at radius 1 is 1.45 bits per heavy atom. The summed E-state index contributed by atoms with van der Waals surface area (Å²) in [5, 5.41) is 11.5. The molecule has 0 aliphatic rings. The van der Waals surface area contributed by atoms with Crippen molar-refractivity contribution in [3.63, 3.8) is 0 Å². The Morgan fingerprint density at radius 3 is 2.70 bits per heavy atom. The molecule has 110 valence electrons. The zero-order chi connectivity index (χ0) is 15.1. The van der Waals surface area contributed by atoms with Crippen molar-refractivity contribution in [1.82, 2.24) is 5.32 Å². The van der Waals surface area contributed by atoms with Crippen LogP contribution >= 0.6 is 11.8 Å². The molecular formula is C12H16N2O5S. The van der Waals surface area contributed by atoms with Crippen molar-refractivity contribution in [2.24, 2.45) is 5.73 Å². The van der Waals surface area contributed by atoms with Crippen molar-refractivity contribution < 1.29 is 23.9 Å². The molecule has 0 radical (unpaired) electrons. The molecule has 0 aliphatic carbocycles. The number of aryl methyl sites for hydroxylation is 1. The highest BCUT2D eigenvalue weighted by molar-refractivity contribution is 7.99. The molecule has 0 aromatic carbocycles. The van der Waals surface area contributed by atoms with Crippen molar-refractivity contribution in [2.45, 2.75) is 19.9 Å². The van der Waals surface area contributed by atoms with Gasteiger partial charge in [-0.05, 0) is 13.0 Å². The van der Waals surface area contributed by atoms with Gasteiger partial charge in [-0.1, -0.05) is 0 Å². The number of carboxylic acid groups (broad SMARTS) is 1. The van der Waals surface area contributed by atoms with Gasteiger partial charge in [0, 0.05) is 12.2 Å². The van der Waals surface area contributed by atoms with Crippen molar-refractivity contribution >= 4 is 29.5 Å². The summed E-state index contributed by atoms with van der Waals surface area (Å²) < 4.78 is 5.22. The minimum absolute atomic E-state index is 0.0891. The molecule has 0 spiro atoms. The molecule has 1 aromatic heterocycles. The zero-order valence-electron chi connectivity index (χ0n) is 11.0. The molecule has 0 saturated carbocycles. The monoisotopic (exact) mass is 300 g/mol. The third kappa shape index (κ3) is 5.35. The van der Waals surface area contributed by atoms with Gasteiger partial charge < -0.3 is 20.6 Å². The Hall–Kier alpha value is -1.96. The molecule has 0 unspecified atom stereocenters. The van der Waals surface area contributed by atoms with E-state index in [4.69, 9.17) is 15.3 Å². The van der Waals surface area contributed by atoms with Crippen LogP contribution in [0.1, 0.15) is 28.3 Å². The number of hydrogen-bond acceptors (Lipinski definition) is 5. The first kappa shape index (κ1) is 16.1. The second kappa shape index (κ2) is 7.59. The molecule has 1 aromatic rings. The average molecular weight is 300 g/mol. The molecule has 0 saturated heterocycles. The fourth-order valence-electron chi connectivity index (χ4n) is 1.45. The normalized spacial score (nSPS) is 10.2. The molecule has 0 fully saturated rings. The van der Waals surface area contributed by atoms with E-state index in [2.05, 4.69) is 5.32 Å². The summed E-state index contributed by atoms with van der Waals surface area (Å²) in [6, 6.07) is 1.39. The molecular weight excluding hydrogens is 284 g/mol. The van der Waals surface area contributed by atoms with Crippen LogP contribution in [0.5, 0.6) is 0 Å². The zero-order valence-corrected chi connectivity index (χ0v) is 11.8. The number of hydrogen-bond donors (Lipinski definition) is 3. The van der Waals surface area contributed by atoms with Crippen molar-refractivity contribution in [1.29, 1.82) is 0 Å². The van der Waals surface area contributed by atoms with E-state index in [0.29, 0.717) is 17.3 Å². The van der Waals surface area contributed by atoms with Crippen LogP contribution in [0, 0.1) is 6.92 Å². The van der Waals surface area contributed by atoms with Gasteiger partial charge in [0.25, 0.3) is 0 Å². The number of carbonyl (C=O) groups excluding carboxylic acids is 2. The van der Waals surface area contributed by atoms with E-state index in [1.54, 1.807) is 6.92 Å². The predicted octanol–water partition coefficient (Wildman–Crippen LogP) is 0.511. The first-order chi connectivity index (χ1) is 9.40. The van der Waals surface area contributed by atoms with Gasteiger partial charge in [-0.15, -0.1) is 0 Å². The standard InChI is InChI=1S/C12H16N2O5S/c1-7-9(12(17)18)4-8(19-7)5-14-11(16)2-3-20-6-10(13)15/h4H,2-3,5-6H2,1H3,(H2,13,15)(H,14,16)(H,17,18). The van der Waals surface area contributed by atoms with Crippen LogP contribution in [0.3, 0.4) is 0 Å². The van der Waals surface area contributed by atoms with E-state index < -0.39 is 11.9 Å². The Morgan fingerprint density at radius 2 is 2.15 bits per heavy atom. The molecule has 20 heavy (non-hydrogen) atoms. The highest BCUT2D eigenvalue weighted by Crippen LogP contribution is 2.14. The number of nitrogens with two attached hydrogens (primary N) is 1. The summed E-state index contributed by atoms with van der Waals surface area (Å²) in [5.41, 5.74) is 5.05. The smallest absolute Gasteiger partial charge is 0.339 e. The maximum absolute atomic E-state index is 11.5. The fourth-order valence-corrected chi connectivity index (χ4v) is 2.13. The van der Waals surface area contributed by atoms with Gasteiger partial charge in [-0.2, -0.15) is 11.8 Å². The minimum atomic E-state index is -1.06. The van der Waals surface area contributed by atoms with Gasteiger partial charge in [0.15, 0.2) is 0 Å². The van der Waals surface area contributed by atoms with E-state index in [1.165, 1.54) is 17.8 Å². The van der Waals surface area contributed by atoms with Crippen molar-refractivity contribution in [3.05, 3.63) is 23.2 Å².